The maximum Gasteiger partial charge on any atom is 0.303 e. The van der Waals surface area contributed by atoms with Crippen LogP contribution in [0.1, 0.15) is 76.7 Å². The molecule has 1 aromatic rings. The highest BCUT2D eigenvalue weighted by Crippen LogP contribution is 2.68. The average Bonchev–Trinajstić information content (AvgIpc) is 3.14. The normalized spacial score (nSPS) is 35.5. The summed E-state index contributed by atoms with van der Waals surface area (Å²) < 4.78 is 6.02. The standard InChI is InChI=1S/C30H38ClNO4/c1-18(33)36-30(27(35)17-31)14-13-26-24-11-7-20-15-22(34)10-12-23(20)28(24)25(16-29(26,30)2)19-5-8-21(9-6-19)32(3)4/h5-6,8-9,20,24-26H,7,10-17H2,1-4H3/t20?,24?,25?,26?,29-,30-/m0/s1. The fourth-order valence-corrected chi connectivity index (χ4v) is 8.62. The zero-order chi connectivity index (χ0) is 25.8. The molecule has 6 atom stereocenters. The lowest BCUT2D eigenvalue weighted by molar-refractivity contribution is -0.182. The molecule has 5 nitrogen and oxygen atoms in total. The van der Waals surface area contributed by atoms with Crippen LogP contribution >= 0.6 is 11.6 Å². The summed E-state index contributed by atoms with van der Waals surface area (Å²) in [4.78, 5) is 40.2. The Balaban J connectivity index is 1.66. The van der Waals surface area contributed by atoms with Crippen LogP contribution in [0, 0.1) is 23.2 Å². The minimum atomic E-state index is -1.18. The second-order valence-electron chi connectivity index (χ2n) is 11.9. The van der Waals surface area contributed by atoms with Gasteiger partial charge in [-0.3, -0.25) is 14.4 Å². The number of rotatable bonds is 5. The van der Waals surface area contributed by atoms with Crippen LogP contribution in [0.3, 0.4) is 0 Å². The van der Waals surface area contributed by atoms with Gasteiger partial charge in [-0.15, -0.1) is 11.6 Å². The molecule has 4 aliphatic carbocycles. The van der Waals surface area contributed by atoms with Gasteiger partial charge in [0.15, 0.2) is 11.4 Å². The van der Waals surface area contributed by atoms with Crippen LogP contribution in [-0.4, -0.2) is 43.1 Å². The molecule has 194 valence electrons. The van der Waals surface area contributed by atoms with E-state index in [2.05, 4.69) is 36.1 Å². The van der Waals surface area contributed by atoms with Crippen molar-refractivity contribution in [3.63, 3.8) is 0 Å². The van der Waals surface area contributed by atoms with Crippen molar-refractivity contribution in [3.05, 3.63) is 41.0 Å². The van der Waals surface area contributed by atoms with Crippen molar-refractivity contribution in [2.75, 3.05) is 24.9 Å². The van der Waals surface area contributed by atoms with Gasteiger partial charge in [-0.2, -0.15) is 0 Å². The van der Waals surface area contributed by atoms with E-state index in [0.717, 1.165) is 37.8 Å². The highest BCUT2D eigenvalue weighted by atomic mass is 35.5. The first-order valence-corrected chi connectivity index (χ1v) is 14.0. The Labute approximate surface area is 219 Å². The van der Waals surface area contributed by atoms with Crippen molar-refractivity contribution in [1.29, 1.82) is 0 Å². The Morgan fingerprint density at radius 3 is 2.47 bits per heavy atom. The summed E-state index contributed by atoms with van der Waals surface area (Å²) >= 11 is 6.15. The monoisotopic (exact) mass is 511 g/mol. The highest BCUT2D eigenvalue weighted by Gasteiger charge is 2.68. The quantitative estimate of drug-likeness (QED) is 0.282. The average molecular weight is 512 g/mol. The molecule has 0 heterocycles. The van der Waals surface area contributed by atoms with Crippen molar-refractivity contribution in [1.82, 2.24) is 0 Å². The zero-order valence-corrected chi connectivity index (χ0v) is 22.7. The molecule has 0 spiro atoms. The van der Waals surface area contributed by atoms with Gasteiger partial charge in [0.05, 0.1) is 5.88 Å². The van der Waals surface area contributed by atoms with Crippen LogP contribution in [0.2, 0.25) is 0 Å². The van der Waals surface area contributed by atoms with E-state index in [1.807, 2.05) is 14.1 Å². The Morgan fingerprint density at radius 2 is 1.83 bits per heavy atom. The molecule has 5 rings (SSSR count). The van der Waals surface area contributed by atoms with E-state index in [4.69, 9.17) is 16.3 Å². The van der Waals surface area contributed by atoms with E-state index in [1.54, 1.807) is 0 Å². The lowest BCUT2D eigenvalue weighted by Gasteiger charge is -2.55. The molecule has 0 saturated heterocycles. The third-order valence-corrected chi connectivity index (χ3v) is 10.2. The number of ether oxygens (including phenoxy) is 1. The van der Waals surface area contributed by atoms with Gasteiger partial charge >= 0.3 is 5.97 Å². The molecular weight excluding hydrogens is 474 g/mol. The van der Waals surface area contributed by atoms with E-state index in [9.17, 15) is 14.4 Å². The Kier molecular flexibility index (Phi) is 6.60. The van der Waals surface area contributed by atoms with Crippen LogP contribution in [0.5, 0.6) is 0 Å². The molecule has 0 aliphatic heterocycles. The Morgan fingerprint density at radius 1 is 1.11 bits per heavy atom. The predicted octanol–water partition coefficient (Wildman–Crippen LogP) is 5.84. The maximum atomic E-state index is 13.5. The first-order chi connectivity index (χ1) is 17.1. The first-order valence-electron chi connectivity index (χ1n) is 13.4. The second-order valence-corrected chi connectivity index (χ2v) is 12.2. The van der Waals surface area contributed by atoms with Gasteiger partial charge in [0.25, 0.3) is 0 Å². The van der Waals surface area contributed by atoms with E-state index < -0.39 is 17.0 Å². The summed E-state index contributed by atoms with van der Waals surface area (Å²) in [6.45, 7) is 3.58. The van der Waals surface area contributed by atoms with Crippen molar-refractivity contribution < 1.29 is 19.1 Å². The molecule has 4 aliphatic rings. The van der Waals surface area contributed by atoms with Crippen molar-refractivity contribution in [3.8, 4) is 0 Å². The molecule has 0 N–H and O–H groups in total. The smallest absolute Gasteiger partial charge is 0.303 e. The molecule has 1 aromatic carbocycles. The molecule has 3 fully saturated rings. The number of hydrogen-bond acceptors (Lipinski definition) is 5. The fraction of sp³-hybridized carbons (Fsp3) is 0.633. The maximum absolute atomic E-state index is 13.5. The second kappa shape index (κ2) is 9.31. The predicted molar refractivity (Wildman–Crippen MR) is 141 cm³/mol. The van der Waals surface area contributed by atoms with Crippen LogP contribution in [0.4, 0.5) is 5.69 Å². The molecule has 0 bridgehead atoms. The summed E-state index contributed by atoms with van der Waals surface area (Å²) in [6.07, 6.45) is 6.34. The van der Waals surface area contributed by atoms with Crippen LogP contribution < -0.4 is 4.90 Å². The molecule has 0 aromatic heterocycles. The summed E-state index contributed by atoms with van der Waals surface area (Å²) in [5.41, 5.74) is 3.74. The van der Waals surface area contributed by atoms with E-state index >= 15 is 0 Å². The number of allylic oxidation sites excluding steroid dienone is 2. The Hall–Kier alpha value is -2.14. The largest absolute Gasteiger partial charge is 0.451 e. The van der Waals surface area contributed by atoms with Gasteiger partial charge < -0.3 is 9.64 Å². The highest BCUT2D eigenvalue weighted by molar-refractivity contribution is 6.29. The van der Waals surface area contributed by atoms with E-state index in [1.165, 1.54) is 23.6 Å². The number of carbonyl (C=O) groups excluding carboxylic acids is 3. The van der Waals surface area contributed by atoms with E-state index in [-0.39, 0.29) is 23.5 Å². The minimum Gasteiger partial charge on any atom is -0.451 e. The molecule has 6 heteroatoms. The number of nitrogens with zero attached hydrogens (tertiary/aromatic N) is 1. The van der Waals surface area contributed by atoms with Crippen LogP contribution in [0.25, 0.3) is 0 Å². The SMILES string of the molecule is CC(=O)O[C@]1(C(=O)CCl)CCC2C3CCC4CC(=O)CCC4=C3C(c3ccc(N(C)C)cc3)C[C@@]21C. The minimum absolute atomic E-state index is 0.134. The summed E-state index contributed by atoms with van der Waals surface area (Å²) in [7, 11) is 4.08. The van der Waals surface area contributed by atoms with Crippen molar-refractivity contribution in [2.45, 2.75) is 76.7 Å². The fourth-order valence-electron chi connectivity index (χ4n) is 8.40. The van der Waals surface area contributed by atoms with Crippen LogP contribution in [-0.2, 0) is 19.1 Å². The number of hydrogen-bond donors (Lipinski definition) is 0. The number of esters is 1. The summed E-state index contributed by atoms with van der Waals surface area (Å²) in [6, 6.07) is 8.76. The van der Waals surface area contributed by atoms with Gasteiger partial charge in [-0.1, -0.05) is 30.2 Å². The van der Waals surface area contributed by atoms with Gasteiger partial charge in [-0.25, -0.2) is 0 Å². The number of benzene rings is 1. The lowest BCUT2D eigenvalue weighted by atomic mass is 9.50. The van der Waals surface area contributed by atoms with E-state index in [0.29, 0.717) is 36.9 Å². The number of Topliss-reactive ketones (excluding diaryl/α,β-unsaturated/α-hetero) is 2. The molecule has 3 saturated carbocycles. The van der Waals surface area contributed by atoms with Gasteiger partial charge in [-0.05, 0) is 74.0 Å². The summed E-state index contributed by atoms with van der Waals surface area (Å²) in [5.74, 6) is 0.729. The zero-order valence-electron chi connectivity index (χ0n) is 21.9. The van der Waals surface area contributed by atoms with Crippen molar-refractivity contribution in [2.24, 2.45) is 23.2 Å². The Bertz CT molecular complexity index is 1110. The number of halogens is 1. The first kappa shape index (κ1) is 25.5. The topological polar surface area (TPSA) is 63.7 Å². The lowest BCUT2D eigenvalue weighted by Crippen LogP contribution is -2.58. The third kappa shape index (κ3) is 3.84. The third-order valence-electron chi connectivity index (χ3n) is 9.98. The van der Waals surface area contributed by atoms with Gasteiger partial charge in [0, 0.05) is 50.9 Å². The van der Waals surface area contributed by atoms with Gasteiger partial charge in [0.2, 0.25) is 0 Å². The number of ketones is 2. The van der Waals surface area contributed by atoms with Crippen molar-refractivity contribution >= 4 is 34.8 Å². The van der Waals surface area contributed by atoms with Gasteiger partial charge in [0.1, 0.15) is 5.78 Å². The number of alkyl halides is 1. The molecule has 0 amide bonds. The number of anilines is 1. The molecule has 0 radical (unpaired) electrons. The summed E-state index contributed by atoms with van der Waals surface area (Å²) in [5, 5.41) is 0. The molecule has 36 heavy (non-hydrogen) atoms. The molecular formula is C30H38ClNO4. The molecule has 4 unspecified atom stereocenters. The number of fused-ring (bicyclic) bond motifs is 4. The van der Waals surface area contributed by atoms with Crippen LogP contribution in [0.15, 0.2) is 35.4 Å². The number of carbonyl (C=O) groups is 3.